The number of rotatable bonds is 7. The van der Waals surface area contributed by atoms with E-state index in [0.29, 0.717) is 0 Å². The molecule has 0 amide bonds. The Hall–Kier alpha value is 1.30. The van der Waals surface area contributed by atoms with Crippen molar-refractivity contribution < 1.29 is 47.1 Å². The van der Waals surface area contributed by atoms with Crippen LogP contribution in [0.25, 0.3) is 0 Å². The Morgan fingerprint density at radius 1 is 0.889 bits per heavy atom. The summed E-state index contributed by atoms with van der Waals surface area (Å²) in [5.74, 6) is 0. The summed E-state index contributed by atoms with van der Waals surface area (Å²) in [5, 5.41) is 0. The van der Waals surface area contributed by atoms with E-state index in [0.717, 1.165) is 0 Å². The van der Waals surface area contributed by atoms with Crippen LogP contribution >= 0.6 is 7.26 Å². The zero-order chi connectivity index (χ0) is 13.9. The second kappa shape index (κ2) is 13.3. The minimum absolute atomic E-state index is 0. The Morgan fingerprint density at radius 2 is 1.22 bits per heavy atom. The van der Waals surface area contributed by atoms with E-state index in [1.54, 1.807) is 0 Å². The van der Waals surface area contributed by atoms with Crippen LogP contribution in [0.3, 0.4) is 0 Å². The Kier molecular flexibility index (Phi) is 18.0. The molecule has 106 valence electrons. The van der Waals surface area contributed by atoms with Gasteiger partial charge in [0.2, 0.25) is 0 Å². The zero-order valence-corrected chi connectivity index (χ0v) is 16.1. The number of hydrogen-bond acceptors (Lipinski definition) is 4. The van der Waals surface area contributed by atoms with E-state index in [-0.39, 0.29) is 29.6 Å². The van der Waals surface area contributed by atoms with Crippen LogP contribution in [0.5, 0.6) is 0 Å². The minimum Gasteiger partial charge on any atom is -0.759 e. The molecule has 0 aromatic heterocycles. The largest absolute Gasteiger partial charge is 1.00 e. The predicted molar refractivity (Wildman–Crippen MR) is 73.4 cm³/mol. The molecule has 0 unspecified atom stereocenters. The second-order valence-electron chi connectivity index (χ2n) is 5.19. The third-order valence-corrected chi connectivity index (χ3v) is 3.84. The molecule has 0 fully saturated rings. The van der Waals surface area contributed by atoms with Gasteiger partial charge < -0.3 is 9.11 Å². The molecule has 0 aliphatic rings. The second-order valence-corrected chi connectivity index (χ2v) is 11.0. The van der Waals surface area contributed by atoms with Crippen LogP contribution in [-0.4, -0.2) is 43.7 Å². The third kappa shape index (κ3) is 43.3. The topological polar surface area (TPSA) is 80.3 Å². The molecule has 0 heterocycles. The van der Waals surface area contributed by atoms with Crippen molar-refractivity contribution in [2.45, 2.75) is 45.4 Å². The fourth-order valence-electron chi connectivity index (χ4n) is 1.37. The zero-order valence-electron chi connectivity index (χ0n) is 12.4. The number of hydrogen-bond donors (Lipinski definition) is 0. The first-order chi connectivity index (χ1) is 7.56. The molecular formula is C11H26NaO4PS. The van der Waals surface area contributed by atoms with E-state index in [2.05, 4.69) is 26.9 Å². The van der Waals surface area contributed by atoms with Crippen molar-refractivity contribution in [3.05, 3.63) is 0 Å². The first-order valence-corrected chi connectivity index (χ1v) is 10.7. The fourth-order valence-corrected chi connectivity index (χ4v) is 2.54. The molecule has 18 heavy (non-hydrogen) atoms. The third-order valence-electron chi connectivity index (χ3n) is 2.18. The Balaban J connectivity index is -0.000000321. The predicted octanol–water partition coefficient (Wildman–Crippen LogP) is -0.0801. The maximum atomic E-state index is 8.52. The molecule has 0 aromatic carbocycles. The normalized spacial score (nSPS) is 11.2. The van der Waals surface area contributed by atoms with Crippen molar-refractivity contribution in [1.29, 1.82) is 0 Å². The minimum atomic E-state index is -5.17. The molecule has 0 bridgehead atoms. The van der Waals surface area contributed by atoms with Crippen molar-refractivity contribution in [2.75, 3.05) is 26.2 Å². The Bertz CT molecular complexity index is 255. The van der Waals surface area contributed by atoms with Gasteiger partial charge in [-0.3, -0.25) is 8.42 Å². The summed E-state index contributed by atoms with van der Waals surface area (Å²) < 4.78 is 34.1. The van der Waals surface area contributed by atoms with Gasteiger partial charge in [-0.2, -0.15) is 0 Å². The molecule has 4 nitrogen and oxygen atoms in total. The molecule has 0 N–H and O–H groups in total. The van der Waals surface area contributed by atoms with Gasteiger partial charge in [-0.15, -0.1) is 0 Å². The van der Waals surface area contributed by atoms with Gasteiger partial charge in [-0.1, -0.05) is 32.6 Å². The van der Waals surface area contributed by atoms with Crippen LogP contribution in [-0.2, 0) is 10.4 Å². The maximum absolute atomic E-state index is 8.52. The van der Waals surface area contributed by atoms with Crippen LogP contribution in [0.2, 0.25) is 0 Å². The maximum Gasteiger partial charge on any atom is 1.00 e. The van der Waals surface area contributed by atoms with E-state index in [1.807, 2.05) is 0 Å². The van der Waals surface area contributed by atoms with E-state index < -0.39 is 17.7 Å². The molecule has 7 heteroatoms. The van der Waals surface area contributed by atoms with Gasteiger partial charge in [-0.05, 0) is 12.8 Å². The molecule has 0 atom stereocenters. The molecule has 0 spiro atoms. The van der Waals surface area contributed by atoms with Gasteiger partial charge in [0.15, 0.2) is 0 Å². The summed E-state index contributed by atoms with van der Waals surface area (Å²) in [5.41, 5.74) is 0. The SMILES string of the molecule is CCCCCCCC[P+](C)(C)C.O=S(=O)([O-])[O-].[Na+]. The average Bonchev–Trinajstić information content (AvgIpc) is 2.06. The van der Waals surface area contributed by atoms with Crippen LogP contribution in [0.4, 0.5) is 0 Å². The first-order valence-electron chi connectivity index (χ1n) is 6.03. The molecule has 0 saturated heterocycles. The smallest absolute Gasteiger partial charge is 0.759 e. The van der Waals surface area contributed by atoms with E-state index in [9.17, 15) is 0 Å². The van der Waals surface area contributed by atoms with Gasteiger partial charge >= 0.3 is 29.6 Å². The standard InChI is InChI=1S/C11H26P.Na.H2O4S/c1-5-6-7-8-9-10-11-12(2,3)4;;1-5(2,3)4/h5-11H2,1-4H3;;(H2,1,2,3,4)/q2*+1;/p-2. The van der Waals surface area contributed by atoms with E-state index in [1.165, 1.54) is 44.7 Å². The van der Waals surface area contributed by atoms with Gasteiger partial charge in [0.1, 0.15) is 0 Å². The van der Waals surface area contributed by atoms with Gasteiger partial charge in [0.25, 0.3) is 0 Å². The van der Waals surface area contributed by atoms with Crippen molar-refractivity contribution in [3.8, 4) is 0 Å². The van der Waals surface area contributed by atoms with E-state index in [4.69, 9.17) is 17.5 Å². The summed E-state index contributed by atoms with van der Waals surface area (Å²) in [6.45, 7) is 9.61. The molecule has 0 radical (unpaired) electrons. The average molecular weight is 308 g/mol. The van der Waals surface area contributed by atoms with Gasteiger partial charge in [-0.25, -0.2) is 0 Å². The molecule has 0 aliphatic heterocycles. The molecular weight excluding hydrogens is 282 g/mol. The van der Waals surface area contributed by atoms with Crippen molar-refractivity contribution in [1.82, 2.24) is 0 Å². The van der Waals surface area contributed by atoms with Crippen molar-refractivity contribution in [3.63, 3.8) is 0 Å². The van der Waals surface area contributed by atoms with E-state index >= 15 is 0 Å². The summed E-state index contributed by atoms with van der Waals surface area (Å²) in [7, 11) is -5.64. The monoisotopic (exact) mass is 308 g/mol. The Morgan fingerprint density at radius 3 is 1.56 bits per heavy atom. The van der Waals surface area contributed by atoms with Crippen molar-refractivity contribution in [2.24, 2.45) is 0 Å². The Labute approximate surface area is 136 Å². The van der Waals surface area contributed by atoms with Crippen LogP contribution in [0, 0.1) is 0 Å². The van der Waals surface area contributed by atoms with Gasteiger partial charge in [0.05, 0.1) is 6.16 Å². The van der Waals surface area contributed by atoms with Crippen molar-refractivity contribution >= 4 is 17.7 Å². The first kappa shape index (κ1) is 24.3. The summed E-state index contributed by atoms with van der Waals surface area (Å²) in [6.07, 6.45) is 10.2. The molecule has 0 saturated carbocycles. The summed E-state index contributed by atoms with van der Waals surface area (Å²) >= 11 is 0. The summed E-state index contributed by atoms with van der Waals surface area (Å²) in [4.78, 5) is 0. The van der Waals surface area contributed by atoms with Crippen LogP contribution in [0.1, 0.15) is 45.4 Å². The molecule has 0 aromatic rings. The summed E-state index contributed by atoms with van der Waals surface area (Å²) in [6, 6.07) is 0. The number of unbranched alkanes of at least 4 members (excludes halogenated alkanes) is 5. The van der Waals surface area contributed by atoms with Crippen LogP contribution in [0.15, 0.2) is 0 Å². The van der Waals surface area contributed by atoms with Crippen LogP contribution < -0.4 is 29.6 Å². The van der Waals surface area contributed by atoms with Gasteiger partial charge in [0, 0.05) is 37.7 Å². The fraction of sp³-hybridized carbons (Fsp3) is 1.00. The quantitative estimate of drug-likeness (QED) is 0.217. The molecule has 0 aliphatic carbocycles. The molecule has 0 rings (SSSR count).